The topological polar surface area (TPSA) is 61.9 Å². The van der Waals surface area contributed by atoms with E-state index in [2.05, 4.69) is 39.4 Å². The fourth-order valence-corrected chi connectivity index (χ4v) is 4.31. The molecule has 1 atom stereocenters. The molecule has 0 saturated carbocycles. The van der Waals surface area contributed by atoms with Crippen LogP contribution < -0.4 is 10.2 Å². The molecule has 3 aromatic rings. The fraction of sp³-hybridized carbons (Fsp3) is 0.310. The largest absolute Gasteiger partial charge is 0.456 e. The molecule has 1 unspecified atom stereocenters. The number of ether oxygens (including phenoxy) is 1. The zero-order valence-corrected chi connectivity index (χ0v) is 20.2. The average Bonchev–Trinajstić information content (AvgIpc) is 2.89. The van der Waals surface area contributed by atoms with E-state index in [4.69, 9.17) is 4.74 Å². The summed E-state index contributed by atoms with van der Waals surface area (Å²) in [6.45, 7) is 6.64. The second-order valence-electron chi connectivity index (χ2n) is 9.02. The van der Waals surface area contributed by atoms with Crippen molar-refractivity contribution in [1.29, 1.82) is 0 Å². The van der Waals surface area contributed by atoms with Crippen molar-refractivity contribution in [3.63, 3.8) is 0 Å². The van der Waals surface area contributed by atoms with Gasteiger partial charge >= 0.3 is 5.97 Å². The van der Waals surface area contributed by atoms with E-state index in [0.29, 0.717) is 5.69 Å². The van der Waals surface area contributed by atoms with Crippen molar-refractivity contribution in [2.24, 2.45) is 0 Å². The number of nitrogens with zero attached hydrogens (tertiary/aromatic N) is 2. The zero-order chi connectivity index (χ0) is 24.5. The van der Waals surface area contributed by atoms with E-state index in [1.165, 1.54) is 5.56 Å². The number of hydrogen-bond donors (Lipinski definition) is 1. The highest BCUT2D eigenvalue weighted by molar-refractivity contribution is 5.93. The van der Waals surface area contributed by atoms with Gasteiger partial charge in [0.1, 0.15) is 0 Å². The van der Waals surface area contributed by atoms with Crippen LogP contribution in [0.4, 0.5) is 11.4 Å². The second-order valence-corrected chi connectivity index (χ2v) is 9.02. The first-order chi connectivity index (χ1) is 17.1. The summed E-state index contributed by atoms with van der Waals surface area (Å²) in [7, 11) is 0. The molecule has 6 nitrogen and oxygen atoms in total. The Labute approximate surface area is 207 Å². The van der Waals surface area contributed by atoms with Gasteiger partial charge in [-0.2, -0.15) is 0 Å². The Hall–Kier alpha value is -3.64. The SMILES string of the molecule is CC(CC(=O)OCC(=O)Nc1ccc(N2CCN(Cc3ccccc3)CC2)cc1)c1ccccc1. The van der Waals surface area contributed by atoms with Gasteiger partial charge in [0, 0.05) is 44.1 Å². The number of carbonyl (C=O) groups is 2. The monoisotopic (exact) mass is 471 g/mol. The van der Waals surface area contributed by atoms with Crippen LogP contribution in [0.5, 0.6) is 0 Å². The standard InChI is InChI=1S/C29H33N3O3/c1-23(25-10-6-3-7-11-25)20-29(34)35-22-28(33)30-26-12-14-27(15-13-26)32-18-16-31(17-19-32)21-24-8-4-2-5-9-24/h2-15,23H,16-22H2,1H3,(H,30,33). The number of anilines is 2. The van der Waals surface area contributed by atoms with E-state index in [0.717, 1.165) is 44.0 Å². The van der Waals surface area contributed by atoms with Gasteiger partial charge in [0.15, 0.2) is 6.61 Å². The maximum absolute atomic E-state index is 12.2. The molecule has 1 saturated heterocycles. The Bertz CT molecular complexity index is 1080. The lowest BCUT2D eigenvalue weighted by atomic mass is 9.98. The molecule has 1 aliphatic rings. The first-order valence-corrected chi connectivity index (χ1v) is 12.2. The summed E-state index contributed by atoms with van der Waals surface area (Å²) in [5.74, 6) is -0.675. The Balaban J connectivity index is 1.18. The van der Waals surface area contributed by atoms with Crippen molar-refractivity contribution in [3.8, 4) is 0 Å². The van der Waals surface area contributed by atoms with E-state index in [9.17, 15) is 9.59 Å². The maximum Gasteiger partial charge on any atom is 0.306 e. The van der Waals surface area contributed by atoms with Crippen LogP contribution in [0.1, 0.15) is 30.4 Å². The van der Waals surface area contributed by atoms with Gasteiger partial charge in [-0.3, -0.25) is 14.5 Å². The minimum absolute atomic E-state index is 0.0412. The van der Waals surface area contributed by atoms with Gasteiger partial charge in [-0.05, 0) is 41.3 Å². The van der Waals surface area contributed by atoms with Gasteiger partial charge in [-0.15, -0.1) is 0 Å². The highest BCUT2D eigenvalue weighted by Crippen LogP contribution is 2.21. The Morgan fingerprint density at radius 2 is 1.49 bits per heavy atom. The smallest absolute Gasteiger partial charge is 0.306 e. The van der Waals surface area contributed by atoms with Gasteiger partial charge in [-0.1, -0.05) is 67.6 Å². The predicted octanol–water partition coefficient (Wildman–Crippen LogP) is 4.68. The normalized spacial score (nSPS) is 14.8. The van der Waals surface area contributed by atoms with E-state index >= 15 is 0 Å². The van der Waals surface area contributed by atoms with Crippen molar-refractivity contribution in [2.75, 3.05) is 43.0 Å². The zero-order valence-electron chi connectivity index (χ0n) is 20.2. The minimum Gasteiger partial charge on any atom is -0.456 e. The van der Waals surface area contributed by atoms with Crippen LogP contribution in [0.3, 0.4) is 0 Å². The number of hydrogen-bond acceptors (Lipinski definition) is 5. The van der Waals surface area contributed by atoms with E-state index in [-0.39, 0.29) is 30.8 Å². The summed E-state index contributed by atoms with van der Waals surface area (Å²) < 4.78 is 5.18. The number of nitrogens with one attached hydrogen (secondary N) is 1. The predicted molar refractivity (Wildman–Crippen MR) is 139 cm³/mol. The molecule has 1 N–H and O–H groups in total. The first-order valence-electron chi connectivity index (χ1n) is 12.2. The van der Waals surface area contributed by atoms with Crippen molar-refractivity contribution < 1.29 is 14.3 Å². The van der Waals surface area contributed by atoms with Crippen molar-refractivity contribution in [3.05, 3.63) is 96.1 Å². The molecule has 0 bridgehead atoms. The van der Waals surface area contributed by atoms with Gasteiger partial charge in [0.25, 0.3) is 5.91 Å². The lowest BCUT2D eigenvalue weighted by Crippen LogP contribution is -2.45. The number of amides is 1. The summed E-state index contributed by atoms with van der Waals surface area (Å²) in [5, 5.41) is 2.80. The van der Waals surface area contributed by atoms with Crippen LogP contribution >= 0.6 is 0 Å². The Kier molecular flexibility index (Phi) is 8.52. The molecule has 4 rings (SSSR count). The van der Waals surface area contributed by atoms with E-state index < -0.39 is 0 Å². The van der Waals surface area contributed by atoms with E-state index in [1.807, 2.05) is 67.6 Å². The molecular weight excluding hydrogens is 438 g/mol. The lowest BCUT2D eigenvalue weighted by molar-refractivity contribution is -0.147. The molecule has 1 amide bonds. The van der Waals surface area contributed by atoms with Gasteiger partial charge in [0.05, 0.1) is 6.42 Å². The molecular formula is C29H33N3O3. The molecule has 3 aromatic carbocycles. The summed E-state index contributed by atoms with van der Waals surface area (Å²) in [4.78, 5) is 29.2. The number of rotatable bonds is 9. The third-order valence-electron chi connectivity index (χ3n) is 6.34. The number of benzene rings is 3. The molecule has 1 heterocycles. The molecule has 1 aliphatic heterocycles. The molecule has 182 valence electrons. The first kappa shape index (κ1) is 24.5. The maximum atomic E-state index is 12.2. The Morgan fingerprint density at radius 1 is 0.857 bits per heavy atom. The summed E-state index contributed by atoms with van der Waals surface area (Å²) in [6.07, 6.45) is 0.241. The molecule has 1 fully saturated rings. The van der Waals surface area contributed by atoms with Crippen LogP contribution in [0.25, 0.3) is 0 Å². The quantitative estimate of drug-likeness (QED) is 0.459. The molecule has 6 heteroatoms. The minimum atomic E-state index is -0.377. The highest BCUT2D eigenvalue weighted by atomic mass is 16.5. The molecule has 0 aliphatic carbocycles. The van der Waals surface area contributed by atoms with Crippen molar-refractivity contribution in [2.45, 2.75) is 25.8 Å². The van der Waals surface area contributed by atoms with Crippen LogP contribution in [0, 0.1) is 0 Å². The van der Waals surface area contributed by atoms with Gasteiger partial charge in [-0.25, -0.2) is 0 Å². The lowest BCUT2D eigenvalue weighted by Gasteiger charge is -2.36. The van der Waals surface area contributed by atoms with Gasteiger partial charge in [0.2, 0.25) is 0 Å². The third kappa shape index (κ3) is 7.42. The van der Waals surface area contributed by atoms with Crippen LogP contribution in [-0.4, -0.2) is 49.6 Å². The van der Waals surface area contributed by atoms with Crippen molar-refractivity contribution in [1.82, 2.24) is 4.90 Å². The van der Waals surface area contributed by atoms with Crippen LogP contribution in [0.2, 0.25) is 0 Å². The molecule has 35 heavy (non-hydrogen) atoms. The van der Waals surface area contributed by atoms with Crippen molar-refractivity contribution >= 4 is 23.3 Å². The van der Waals surface area contributed by atoms with E-state index in [1.54, 1.807) is 0 Å². The van der Waals surface area contributed by atoms with Gasteiger partial charge < -0.3 is 15.0 Å². The molecule has 0 aromatic heterocycles. The fourth-order valence-electron chi connectivity index (χ4n) is 4.31. The Morgan fingerprint density at radius 3 is 2.14 bits per heavy atom. The highest BCUT2D eigenvalue weighted by Gasteiger charge is 2.18. The molecule has 0 spiro atoms. The van der Waals surface area contributed by atoms with Crippen LogP contribution in [-0.2, 0) is 20.9 Å². The summed E-state index contributed by atoms with van der Waals surface area (Å²) >= 11 is 0. The average molecular weight is 472 g/mol. The number of carbonyl (C=O) groups excluding carboxylic acids is 2. The third-order valence-corrected chi connectivity index (χ3v) is 6.34. The molecule has 0 radical (unpaired) electrons. The second kappa shape index (κ2) is 12.2. The number of esters is 1. The summed E-state index contributed by atoms with van der Waals surface area (Å²) in [6, 6.07) is 28.2. The number of piperazine rings is 1. The van der Waals surface area contributed by atoms with Crippen LogP contribution in [0.15, 0.2) is 84.9 Å². The summed E-state index contributed by atoms with van der Waals surface area (Å²) in [5.41, 5.74) is 4.25.